The van der Waals surface area contributed by atoms with Gasteiger partial charge in [0.1, 0.15) is 8.07 Å². The van der Waals surface area contributed by atoms with Crippen LogP contribution in [0.4, 0.5) is 17.1 Å². The summed E-state index contributed by atoms with van der Waals surface area (Å²) in [5, 5.41) is 3.07. The number of nitrogens with zero attached hydrogens (tertiary/aromatic N) is 1. The second kappa shape index (κ2) is 11.8. The van der Waals surface area contributed by atoms with Crippen LogP contribution in [0, 0.1) is 0 Å². The number of benzene rings is 7. The van der Waals surface area contributed by atoms with Crippen LogP contribution in [0.15, 0.2) is 174 Å². The van der Waals surface area contributed by atoms with E-state index in [2.05, 4.69) is 196 Å². The Morgan fingerprint density at radius 1 is 0.460 bits per heavy atom. The van der Waals surface area contributed by atoms with Crippen molar-refractivity contribution in [1.82, 2.24) is 0 Å². The van der Waals surface area contributed by atoms with Gasteiger partial charge in [-0.25, -0.2) is 0 Å². The fourth-order valence-corrected chi connectivity index (χ4v) is 13.8. The van der Waals surface area contributed by atoms with Crippen LogP contribution >= 0.6 is 11.8 Å². The molecule has 0 bridgehead atoms. The lowest BCUT2D eigenvalue weighted by atomic mass is 9.82. The molecule has 1 aliphatic carbocycles. The zero-order valence-corrected chi connectivity index (χ0v) is 30.8. The van der Waals surface area contributed by atoms with Crippen LogP contribution in [0.3, 0.4) is 0 Å². The summed E-state index contributed by atoms with van der Waals surface area (Å²) in [6, 6.07) is 60.8. The van der Waals surface area contributed by atoms with Gasteiger partial charge >= 0.3 is 0 Å². The Balaban J connectivity index is 1.14. The van der Waals surface area contributed by atoms with Gasteiger partial charge in [0.15, 0.2) is 0 Å². The van der Waals surface area contributed by atoms with Crippen LogP contribution in [0.1, 0.15) is 25.0 Å². The monoisotopic (exact) mass is 677 g/mol. The van der Waals surface area contributed by atoms with Crippen molar-refractivity contribution in [1.29, 1.82) is 0 Å². The lowest BCUT2D eigenvalue weighted by Gasteiger charge is -2.34. The molecular formula is C47H39NSSi. The van der Waals surface area contributed by atoms with Crippen molar-refractivity contribution < 1.29 is 0 Å². The van der Waals surface area contributed by atoms with E-state index < -0.39 is 8.07 Å². The molecule has 0 saturated heterocycles. The highest BCUT2D eigenvalue weighted by Gasteiger charge is 2.37. The summed E-state index contributed by atoms with van der Waals surface area (Å²) < 4.78 is 0. The number of hydrogen-bond donors (Lipinski definition) is 0. The molecule has 0 amide bonds. The Hall–Kier alpha value is -5.09. The summed E-state index contributed by atoms with van der Waals surface area (Å²) in [6.07, 6.45) is 0. The fraction of sp³-hybridized carbons (Fsp3) is 0.106. The van der Waals surface area contributed by atoms with Crippen molar-refractivity contribution in [2.45, 2.75) is 42.1 Å². The molecule has 50 heavy (non-hydrogen) atoms. The summed E-state index contributed by atoms with van der Waals surface area (Å²) in [5.74, 6) is 0. The van der Waals surface area contributed by atoms with Crippen molar-refractivity contribution >= 4 is 47.3 Å². The molecule has 0 aromatic heterocycles. The van der Waals surface area contributed by atoms with Gasteiger partial charge in [-0.05, 0) is 97.3 Å². The largest absolute Gasteiger partial charge is 0.310 e. The molecule has 0 fully saturated rings. The van der Waals surface area contributed by atoms with Gasteiger partial charge in [-0.1, -0.05) is 160 Å². The summed E-state index contributed by atoms with van der Waals surface area (Å²) in [4.78, 5) is 5.25. The first-order chi connectivity index (χ1) is 24.3. The summed E-state index contributed by atoms with van der Waals surface area (Å²) in [7, 11) is -1.82. The SMILES string of the molecule is CC1(C)c2ccccc2-c2ccc(N(c3ccc(-c4ccccc4)cc3)c3ccc(-c4cccc5c4Sc4ccccc4[Si]5(C)C)cc3)cc21. The molecule has 1 nitrogen and oxygen atoms in total. The van der Waals surface area contributed by atoms with Crippen LogP contribution in [0.2, 0.25) is 13.1 Å². The van der Waals surface area contributed by atoms with Crippen molar-refractivity contribution in [2.24, 2.45) is 0 Å². The quantitative estimate of drug-likeness (QED) is 0.167. The van der Waals surface area contributed by atoms with E-state index in [4.69, 9.17) is 0 Å². The normalized spacial score (nSPS) is 14.6. The van der Waals surface area contributed by atoms with E-state index in [1.54, 1.807) is 5.19 Å². The van der Waals surface area contributed by atoms with Crippen LogP contribution in [0.25, 0.3) is 33.4 Å². The average Bonchev–Trinajstić information content (AvgIpc) is 3.38. The van der Waals surface area contributed by atoms with E-state index >= 15 is 0 Å². The predicted octanol–water partition coefficient (Wildman–Crippen LogP) is 12.1. The first-order valence-electron chi connectivity index (χ1n) is 17.5. The third-order valence-corrected chi connectivity index (χ3v) is 16.1. The van der Waals surface area contributed by atoms with Gasteiger partial charge in [0, 0.05) is 32.3 Å². The fourth-order valence-electron chi connectivity index (χ4n) is 8.20. The van der Waals surface area contributed by atoms with E-state index in [9.17, 15) is 0 Å². The molecule has 7 aromatic carbocycles. The molecule has 7 aromatic rings. The van der Waals surface area contributed by atoms with Crippen molar-refractivity contribution in [3.05, 3.63) is 175 Å². The molecular weight excluding hydrogens is 639 g/mol. The molecule has 2 aliphatic rings. The molecule has 1 aliphatic heterocycles. The smallest absolute Gasteiger partial charge is 0.115 e. The second-order valence-electron chi connectivity index (χ2n) is 14.6. The number of rotatable bonds is 5. The molecule has 0 N–H and O–H groups in total. The van der Waals surface area contributed by atoms with Crippen LogP contribution in [-0.4, -0.2) is 8.07 Å². The van der Waals surface area contributed by atoms with E-state index in [0.717, 1.165) is 11.4 Å². The second-order valence-corrected chi connectivity index (χ2v) is 20.0. The third kappa shape index (κ3) is 4.91. The molecule has 242 valence electrons. The average molecular weight is 678 g/mol. The van der Waals surface area contributed by atoms with Gasteiger partial charge in [-0.2, -0.15) is 0 Å². The molecule has 9 rings (SSSR count). The molecule has 0 unspecified atom stereocenters. The predicted molar refractivity (Wildman–Crippen MR) is 217 cm³/mol. The maximum Gasteiger partial charge on any atom is 0.115 e. The van der Waals surface area contributed by atoms with Gasteiger partial charge in [-0.3, -0.25) is 0 Å². The van der Waals surface area contributed by atoms with Crippen LogP contribution in [0.5, 0.6) is 0 Å². The molecule has 1 heterocycles. The van der Waals surface area contributed by atoms with Crippen molar-refractivity contribution in [3.63, 3.8) is 0 Å². The Morgan fingerprint density at radius 2 is 1.02 bits per heavy atom. The molecule has 0 atom stereocenters. The minimum atomic E-state index is -1.82. The zero-order valence-electron chi connectivity index (χ0n) is 28.9. The van der Waals surface area contributed by atoms with Gasteiger partial charge in [0.2, 0.25) is 0 Å². The van der Waals surface area contributed by atoms with E-state index in [1.807, 2.05) is 11.8 Å². The van der Waals surface area contributed by atoms with E-state index in [0.29, 0.717) is 0 Å². The summed E-state index contributed by atoms with van der Waals surface area (Å²) in [6.45, 7) is 9.70. The Labute approximate surface area is 301 Å². The lowest BCUT2D eigenvalue weighted by molar-refractivity contribution is 0.660. The first kappa shape index (κ1) is 30.9. The topological polar surface area (TPSA) is 3.24 Å². The lowest BCUT2D eigenvalue weighted by Crippen LogP contribution is -2.56. The standard InChI is InChI=1S/C47H39NSSi/c1-47(2)41-17-9-8-15-39(41)40-30-29-37(31-42(40)47)48(35-25-21-33(22-26-35)32-13-6-5-7-14-32)36-27-23-34(24-28-36)38-16-12-20-45-46(38)49-43-18-10-11-19-44(43)50(45,3)4/h5-31H,1-4H3. The van der Waals surface area contributed by atoms with Gasteiger partial charge in [0.05, 0.1) is 0 Å². The highest BCUT2D eigenvalue weighted by atomic mass is 32.2. The maximum absolute atomic E-state index is 2.49. The van der Waals surface area contributed by atoms with E-state index in [1.165, 1.54) is 65.2 Å². The van der Waals surface area contributed by atoms with Crippen LogP contribution < -0.4 is 15.3 Å². The van der Waals surface area contributed by atoms with Gasteiger partial charge in [-0.15, -0.1) is 0 Å². The minimum Gasteiger partial charge on any atom is -0.310 e. The summed E-state index contributed by atoms with van der Waals surface area (Å²) in [5.41, 5.74) is 13.9. The third-order valence-electron chi connectivity index (χ3n) is 11.0. The van der Waals surface area contributed by atoms with Crippen LogP contribution in [-0.2, 0) is 5.41 Å². The van der Waals surface area contributed by atoms with Gasteiger partial charge in [0.25, 0.3) is 0 Å². The molecule has 3 heteroatoms. The number of anilines is 3. The Morgan fingerprint density at radius 3 is 1.78 bits per heavy atom. The Kier molecular flexibility index (Phi) is 7.27. The highest BCUT2D eigenvalue weighted by molar-refractivity contribution is 8.00. The molecule has 0 saturated carbocycles. The van der Waals surface area contributed by atoms with Crippen molar-refractivity contribution in [2.75, 3.05) is 4.90 Å². The molecule has 0 radical (unpaired) electrons. The summed E-state index contributed by atoms with van der Waals surface area (Å²) >= 11 is 1.94. The maximum atomic E-state index is 2.49. The number of hydrogen-bond acceptors (Lipinski definition) is 2. The number of fused-ring (bicyclic) bond motifs is 5. The van der Waals surface area contributed by atoms with Gasteiger partial charge < -0.3 is 4.90 Å². The zero-order chi connectivity index (χ0) is 34.0. The van der Waals surface area contributed by atoms with E-state index in [-0.39, 0.29) is 5.41 Å². The minimum absolute atomic E-state index is 0.0750. The first-order valence-corrected chi connectivity index (χ1v) is 21.3. The highest BCUT2D eigenvalue weighted by Crippen LogP contribution is 2.51. The van der Waals surface area contributed by atoms with Crippen molar-refractivity contribution in [3.8, 4) is 33.4 Å². The Bertz CT molecular complexity index is 2390. The molecule has 0 spiro atoms.